The van der Waals surface area contributed by atoms with Crippen molar-refractivity contribution in [2.75, 3.05) is 13.1 Å². The van der Waals surface area contributed by atoms with Gasteiger partial charge in [-0.05, 0) is 13.0 Å². The molecule has 122 valence electrons. The first-order chi connectivity index (χ1) is 11.1. The number of carbonyl (C=O) groups excluding carboxylic acids is 1. The van der Waals surface area contributed by atoms with Gasteiger partial charge in [-0.1, -0.05) is 18.2 Å². The van der Waals surface area contributed by atoms with Gasteiger partial charge in [0.2, 0.25) is 5.91 Å². The first-order valence-electron chi connectivity index (χ1n) is 7.81. The number of fused-ring (bicyclic) bond motifs is 1. The molecule has 1 aromatic carbocycles. The molecule has 0 saturated heterocycles. The van der Waals surface area contributed by atoms with Gasteiger partial charge in [-0.25, -0.2) is 0 Å². The van der Waals surface area contributed by atoms with Crippen LogP contribution in [0.1, 0.15) is 18.1 Å². The summed E-state index contributed by atoms with van der Waals surface area (Å²) < 4.78 is 7.64. The van der Waals surface area contributed by atoms with Crippen LogP contribution in [0.5, 0.6) is 5.75 Å². The zero-order chi connectivity index (χ0) is 16.2. The van der Waals surface area contributed by atoms with Crippen LogP contribution < -0.4 is 10.1 Å². The lowest BCUT2D eigenvalue weighted by Crippen LogP contribution is -2.39. The molecular formula is C17H22N4O2. The van der Waals surface area contributed by atoms with E-state index < -0.39 is 0 Å². The molecule has 0 bridgehead atoms. The number of hydrogen-bond acceptors (Lipinski definition) is 4. The highest BCUT2D eigenvalue weighted by molar-refractivity contribution is 5.78. The minimum Gasteiger partial charge on any atom is -0.489 e. The number of aryl methyl sites for hydroxylation is 1. The Morgan fingerprint density at radius 1 is 1.43 bits per heavy atom. The molecule has 0 fully saturated rings. The number of rotatable bonds is 4. The average Bonchev–Trinajstić information content (AvgIpc) is 2.85. The Morgan fingerprint density at radius 2 is 2.26 bits per heavy atom. The zero-order valence-electron chi connectivity index (χ0n) is 13.5. The van der Waals surface area contributed by atoms with Gasteiger partial charge >= 0.3 is 0 Å². The van der Waals surface area contributed by atoms with E-state index in [4.69, 9.17) is 4.74 Å². The molecule has 6 nitrogen and oxygen atoms in total. The largest absolute Gasteiger partial charge is 0.489 e. The molecule has 3 rings (SSSR count). The molecule has 2 aromatic rings. The van der Waals surface area contributed by atoms with Crippen molar-refractivity contribution < 1.29 is 9.53 Å². The number of ether oxygens (including phenoxy) is 1. The lowest BCUT2D eigenvalue weighted by atomic mass is 10.2. The summed E-state index contributed by atoms with van der Waals surface area (Å²) in [5, 5.41) is 7.04. The molecular weight excluding hydrogens is 292 g/mol. The van der Waals surface area contributed by atoms with E-state index in [1.807, 2.05) is 44.4 Å². The van der Waals surface area contributed by atoms with Crippen molar-refractivity contribution in [1.82, 2.24) is 20.0 Å². The fourth-order valence-corrected chi connectivity index (χ4v) is 2.82. The van der Waals surface area contributed by atoms with E-state index in [9.17, 15) is 4.79 Å². The summed E-state index contributed by atoms with van der Waals surface area (Å²) in [5.74, 6) is 0.929. The van der Waals surface area contributed by atoms with Crippen LogP contribution in [0.15, 0.2) is 36.7 Å². The molecule has 1 aromatic heterocycles. The minimum atomic E-state index is 0.0143. The second-order valence-electron chi connectivity index (χ2n) is 6.00. The van der Waals surface area contributed by atoms with Crippen LogP contribution in [0.25, 0.3) is 0 Å². The van der Waals surface area contributed by atoms with Crippen molar-refractivity contribution in [3.05, 3.63) is 47.8 Å². The molecule has 0 saturated carbocycles. The Morgan fingerprint density at radius 3 is 3.04 bits per heavy atom. The van der Waals surface area contributed by atoms with E-state index in [1.165, 1.54) is 0 Å². The molecule has 1 aliphatic rings. The fourth-order valence-electron chi connectivity index (χ4n) is 2.82. The topological polar surface area (TPSA) is 59.4 Å². The lowest BCUT2D eigenvalue weighted by molar-refractivity contribution is -0.122. The highest BCUT2D eigenvalue weighted by Gasteiger charge is 2.21. The van der Waals surface area contributed by atoms with Crippen molar-refractivity contribution in [2.24, 2.45) is 7.05 Å². The van der Waals surface area contributed by atoms with Crippen LogP contribution in [0.2, 0.25) is 0 Å². The van der Waals surface area contributed by atoms with Crippen molar-refractivity contribution in [1.29, 1.82) is 0 Å². The first kappa shape index (κ1) is 15.6. The zero-order valence-corrected chi connectivity index (χ0v) is 13.5. The molecule has 1 unspecified atom stereocenters. The lowest BCUT2D eigenvalue weighted by Gasteiger charge is -2.21. The first-order valence-corrected chi connectivity index (χ1v) is 7.81. The highest BCUT2D eigenvalue weighted by atomic mass is 16.5. The van der Waals surface area contributed by atoms with Gasteiger partial charge in [0.05, 0.1) is 12.7 Å². The Kier molecular flexibility index (Phi) is 4.62. The van der Waals surface area contributed by atoms with Gasteiger partial charge < -0.3 is 10.1 Å². The Labute approximate surface area is 136 Å². The summed E-state index contributed by atoms with van der Waals surface area (Å²) in [6, 6.07) is 8.01. The third-order valence-corrected chi connectivity index (χ3v) is 3.83. The monoisotopic (exact) mass is 314 g/mol. The van der Waals surface area contributed by atoms with Gasteiger partial charge in [-0.3, -0.25) is 14.4 Å². The summed E-state index contributed by atoms with van der Waals surface area (Å²) >= 11 is 0. The van der Waals surface area contributed by atoms with Gasteiger partial charge in [0.1, 0.15) is 11.9 Å². The van der Waals surface area contributed by atoms with Crippen LogP contribution in [0.3, 0.4) is 0 Å². The van der Waals surface area contributed by atoms with E-state index in [1.54, 1.807) is 10.9 Å². The summed E-state index contributed by atoms with van der Waals surface area (Å²) in [4.78, 5) is 14.3. The van der Waals surface area contributed by atoms with Crippen LogP contribution in [0, 0.1) is 0 Å². The van der Waals surface area contributed by atoms with E-state index in [2.05, 4.69) is 15.3 Å². The molecule has 0 aliphatic carbocycles. The van der Waals surface area contributed by atoms with E-state index in [-0.39, 0.29) is 12.0 Å². The van der Waals surface area contributed by atoms with Gasteiger partial charge in [-0.15, -0.1) is 0 Å². The number of carbonyl (C=O) groups is 1. The second-order valence-corrected chi connectivity index (χ2v) is 6.00. The standard InChI is InChI=1S/C17H22N4O2/c1-13-9-21(11-15-5-3-4-6-16(15)23-13)12-17(22)18-7-14-8-19-20(2)10-14/h3-6,8,10,13H,7,9,11-12H2,1-2H3,(H,18,22). The van der Waals surface area contributed by atoms with Crippen LogP contribution in [-0.4, -0.2) is 39.8 Å². The summed E-state index contributed by atoms with van der Waals surface area (Å²) in [5.41, 5.74) is 2.12. The number of nitrogens with zero attached hydrogens (tertiary/aromatic N) is 3. The average molecular weight is 314 g/mol. The normalized spacial score (nSPS) is 17.9. The van der Waals surface area contributed by atoms with Gasteiger partial charge in [0.25, 0.3) is 0 Å². The number of nitrogens with one attached hydrogen (secondary N) is 1. The van der Waals surface area contributed by atoms with Crippen molar-refractivity contribution in [3.8, 4) is 5.75 Å². The number of aromatic nitrogens is 2. The molecule has 23 heavy (non-hydrogen) atoms. The Balaban J connectivity index is 1.57. The molecule has 1 aliphatic heterocycles. The van der Waals surface area contributed by atoms with Crippen molar-refractivity contribution in [2.45, 2.75) is 26.1 Å². The molecule has 1 atom stereocenters. The maximum Gasteiger partial charge on any atom is 0.234 e. The molecule has 2 heterocycles. The molecule has 6 heteroatoms. The SMILES string of the molecule is CC1CN(CC(=O)NCc2cnn(C)c2)Cc2ccccc2O1. The van der Waals surface area contributed by atoms with Crippen LogP contribution in [-0.2, 0) is 24.9 Å². The number of amides is 1. The molecule has 0 radical (unpaired) electrons. The van der Waals surface area contributed by atoms with Gasteiger partial charge in [0.15, 0.2) is 0 Å². The van der Waals surface area contributed by atoms with Crippen molar-refractivity contribution >= 4 is 5.91 Å². The van der Waals surface area contributed by atoms with E-state index in [0.717, 1.165) is 30.0 Å². The van der Waals surface area contributed by atoms with E-state index in [0.29, 0.717) is 13.1 Å². The summed E-state index contributed by atoms with van der Waals surface area (Å²) in [6.45, 7) is 4.35. The Bertz CT molecular complexity index is 683. The quantitative estimate of drug-likeness (QED) is 0.925. The van der Waals surface area contributed by atoms with E-state index >= 15 is 0 Å². The molecule has 0 spiro atoms. The van der Waals surface area contributed by atoms with Gasteiger partial charge in [0, 0.05) is 44.0 Å². The number of hydrogen-bond donors (Lipinski definition) is 1. The summed E-state index contributed by atoms with van der Waals surface area (Å²) in [6.07, 6.45) is 3.72. The third kappa shape index (κ3) is 4.10. The molecule has 1 N–H and O–H groups in total. The Hall–Kier alpha value is -2.34. The van der Waals surface area contributed by atoms with Crippen LogP contribution in [0.4, 0.5) is 0 Å². The minimum absolute atomic E-state index is 0.0143. The predicted octanol–water partition coefficient (Wildman–Crippen LogP) is 1.32. The van der Waals surface area contributed by atoms with Gasteiger partial charge in [-0.2, -0.15) is 5.10 Å². The predicted molar refractivity (Wildman–Crippen MR) is 86.9 cm³/mol. The van der Waals surface area contributed by atoms with Crippen LogP contribution >= 0.6 is 0 Å². The summed E-state index contributed by atoms with van der Waals surface area (Å²) in [7, 11) is 1.86. The smallest absolute Gasteiger partial charge is 0.234 e. The maximum atomic E-state index is 12.2. The number of para-hydroxylation sites is 1. The van der Waals surface area contributed by atoms with Crippen molar-refractivity contribution in [3.63, 3.8) is 0 Å². The maximum absolute atomic E-state index is 12.2. The molecule has 1 amide bonds. The number of benzene rings is 1. The second kappa shape index (κ2) is 6.83. The third-order valence-electron chi connectivity index (χ3n) is 3.83. The highest BCUT2D eigenvalue weighted by Crippen LogP contribution is 2.24. The fraction of sp³-hybridized carbons (Fsp3) is 0.412.